The lowest BCUT2D eigenvalue weighted by Gasteiger charge is -2.12. The number of hydrogen-bond acceptors (Lipinski definition) is 7. The minimum Gasteiger partial charge on any atom is -0.393 e. The fourth-order valence-electron chi connectivity index (χ4n) is 2.12. The van der Waals surface area contributed by atoms with Gasteiger partial charge in [0, 0.05) is 17.4 Å². The molecule has 2 aromatic heterocycles. The standard InChI is InChI=1S/C17H15ClN6O/c1-10(25)11-3-2-4-13(7-11)23-16-15(19)17(22-9-21-16)24-14-6-5-12(18)8-20-14/h2-9H,19H2,1H3,(H2,20,21,22,23,24). The van der Waals surface area contributed by atoms with Crippen LogP contribution in [0.2, 0.25) is 5.02 Å². The summed E-state index contributed by atoms with van der Waals surface area (Å²) in [4.78, 5) is 23.9. The molecule has 3 aromatic rings. The minimum absolute atomic E-state index is 0.0181. The number of anilines is 5. The Labute approximate surface area is 149 Å². The zero-order valence-electron chi connectivity index (χ0n) is 13.3. The lowest BCUT2D eigenvalue weighted by Crippen LogP contribution is -2.06. The normalized spacial score (nSPS) is 10.3. The molecular weight excluding hydrogens is 340 g/mol. The maximum Gasteiger partial charge on any atom is 0.160 e. The molecule has 8 heteroatoms. The molecule has 4 N–H and O–H groups in total. The largest absolute Gasteiger partial charge is 0.393 e. The van der Waals surface area contributed by atoms with Crippen LogP contribution in [0.15, 0.2) is 48.9 Å². The lowest BCUT2D eigenvalue weighted by molar-refractivity contribution is 0.101. The average molecular weight is 355 g/mol. The Morgan fingerprint density at radius 1 is 1.08 bits per heavy atom. The maximum absolute atomic E-state index is 11.5. The Bertz CT molecular complexity index is 913. The summed E-state index contributed by atoms with van der Waals surface area (Å²) in [6, 6.07) is 10.5. The number of ketones is 1. The molecule has 0 saturated carbocycles. The molecule has 0 bridgehead atoms. The molecule has 25 heavy (non-hydrogen) atoms. The van der Waals surface area contributed by atoms with E-state index in [-0.39, 0.29) is 5.78 Å². The smallest absolute Gasteiger partial charge is 0.160 e. The van der Waals surface area contributed by atoms with E-state index < -0.39 is 0 Å². The van der Waals surface area contributed by atoms with Gasteiger partial charge in [0.15, 0.2) is 17.4 Å². The van der Waals surface area contributed by atoms with Crippen molar-refractivity contribution in [2.75, 3.05) is 16.4 Å². The molecule has 0 atom stereocenters. The molecule has 2 heterocycles. The van der Waals surface area contributed by atoms with Gasteiger partial charge in [-0.15, -0.1) is 0 Å². The second-order valence-electron chi connectivity index (χ2n) is 5.23. The lowest BCUT2D eigenvalue weighted by atomic mass is 10.1. The highest BCUT2D eigenvalue weighted by molar-refractivity contribution is 6.30. The quantitative estimate of drug-likeness (QED) is 0.598. The van der Waals surface area contributed by atoms with Crippen LogP contribution in [0.5, 0.6) is 0 Å². The van der Waals surface area contributed by atoms with Crippen LogP contribution in [0.3, 0.4) is 0 Å². The molecule has 0 spiro atoms. The molecule has 0 fully saturated rings. The molecule has 0 radical (unpaired) electrons. The zero-order chi connectivity index (χ0) is 17.8. The third-order valence-corrected chi connectivity index (χ3v) is 3.61. The molecule has 3 rings (SSSR count). The highest BCUT2D eigenvalue weighted by atomic mass is 35.5. The molecule has 126 valence electrons. The van der Waals surface area contributed by atoms with Gasteiger partial charge in [-0.2, -0.15) is 0 Å². The number of pyridine rings is 1. The SMILES string of the molecule is CC(=O)c1cccc(Nc2ncnc(Nc3ccc(Cl)cn3)c2N)c1. The monoisotopic (exact) mass is 354 g/mol. The average Bonchev–Trinajstić information content (AvgIpc) is 2.60. The van der Waals surface area contributed by atoms with Gasteiger partial charge in [0.1, 0.15) is 17.8 Å². The van der Waals surface area contributed by atoms with Gasteiger partial charge in [0.05, 0.1) is 5.02 Å². The predicted octanol–water partition coefficient (Wildman–Crippen LogP) is 3.80. The fourth-order valence-corrected chi connectivity index (χ4v) is 2.23. The van der Waals surface area contributed by atoms with Crippen molar-refractivity contribution in [1.82, 2.24) is 15.0 Å². The van der Waals surface area contributed by atoms with Crippen molar-refractivity contribution in [3.63, 3.8) is 0 Å². The number of hydrogen-bond donors (Lipinski definition) is 3. The number of nitrogens with two attached hydrogens (primary N) is 1. The van der Waals surface area contributed by atoms with Gasteiger partial charge in [-0.05, 0) is 31.2 Å². The van der Waals surface area contributed by atoms with E-state index in [0.717, 1.165) is 0 Å². The van der Waals surface area contributed by atoms with E-state index in [2.05, 4.69) is 25.6 Å². The first kappa shape index (κ1) is 16.7. The highest BCUT2D eigenvalue weighted by Gasteiger charge is 2.10. The first-order valence-electron chi connectivity index (χ1n) is 7.40. The maximum atomic E-state index is 11.5. The van der Waals surface area contributed by atoms with Crippen molar-refractivity contribution >= 4 is 46.2 Å². The third-order valence-electron chi connectivity index (χ3n) is 3.39. The molecule has 0 amide bonds. The first-order chi connectivity index (χ1) is 12.0. The number of rotatable bonds is 5. The summed E-state index contributed by atoms with van der Waals surface area (Å²) >= 11 is 5.82. The first-order valence-corrected chi connectivity index (χ1v) is 7.78. The van der Waals surface area contributed by atoms with E-state index in [4.69, 9.17) is 17.3 Å². The Hall–Kier alpha value is -3.19. The molecule has 0 aliphatic heterocycles. The van der Waals surface area contributed by atoms with Crippen LogP contribution < -0.4 is 16.4 Å². The van der Waals surface area contributed by atoms with Gasteiger partial charge in [-0.3, -0.25) is 4.79 Å². The summed E-state index contributed by atoms with van der Waals surface area (Å²) in [5.41, 5.74) is 7.76. The molecule has 0 unspecified atom stereocenters. The molecule has 0 aliphatic rings. The van der Waals surface area contributed by atoms with Gasteiger partial charge in [0.2, 0.25) is 0 Å². The Balaban J connectivity index is 1.84. The number of Topliss-reactive ketones (excluding diaryl/α,β-unsaturated/α-hetero) is 1. The molecule has 0 saturated heterocycles. The van der Waals surface area contributed by atoms with Crippen molar-refractivity contribution in [2.45, 2.75) is 6.92 Å². The predicted molar refractivity (Wildman–Crippen MR) is 98.7 cm³/mol. The van der Waals surface area contributed by atoms with Crippen LogP contribution in [-0.2, 0) is 0 Å². The van der Waals surface area contributed by atoms with Crippen molar-refractivity contribution in [3.8, 4) is 0 Å². The van der Waals surface area contributed by atoms with Crippen molar-refractivity contribution in [2.24, 2.45) is 0 Å². The number of carbonyl (C=O) groups excluding carboxylic acids is 1. The van der Waals surface area contributed by atoms with Crippen LogP contribution in [0, 0.1) is 0 Å². The van der Waals surface area contributed by atoms with Gasteiger partial charge in [-0.25, -0.2) is 15.0 Å². The molecule has 1 aromatic carbocycles. The Morgan fingerprint density at radius 3 is 2.52 bits per heavy atom. The summed E-state index contributed by atoms with van der Waals surface area (Å²) in [5.74, 6) is 1.37. The summed E-state index contributed by atoms with van der Waals surface area (Å²) in [7, 11) is 0. The van der Waals surface area contributed by atoms with E-state index in [1.165, 1.54) is 19.4 Å². The van der Waals surface area contributed by atoms with Crippen molar-refractivity contribution < 1.29 is 4.79 Å². The van der Waals surface area contributed by atoms with Crippen LogP contribution in [0.25, 0.3) is 0 Å². The van der Waals surface area contributed by atoms with Gasteiger partial charge < -0.3 is 16.4 Å². The number of nitrogen functional groups attached to an aromatic ring is 1. The van der Waals surface area contributed by atoms with E-state index >= 15 is 0 Å². The van der Waals surface area contributed by atoms with E-state index in [9.17, 15) is 4.79 Å². The topological polar surface area (TPSA) is 106 Å². The highest BCUT2D eigenvalue weighted by Crippen LogP contribution is 2.28. The number of halogens is 1. The number of benzene rings is 1. The van der Waals surface area contributed by atoms with Crippen LogP contribution in [0.1, 0.15) is 17.3 Å². The molecular formula is C17H15ClN6O. The summed E-state index contributed by atoms with van der Waals surface area (Å²) in [5, 5.41) is 6.64. The summed E-state index contributed by atoms with van der Waals surface area (Å²) < 4.78 is 0. The van der Waals surface area contributed by atoms with Gasteiger partial charge in [-0.1, -0.05) is 23.7 Å². The van der Waals surface area contributed by atoms with E-state index in [0.29, 0.717) is 39.4 Å². The van der Waals surface area contributed by atoms with Crippen LogP contribution in [0.4, 0.5) is 28.8 Å². The van der Waals surface area contributed by atoms with Gasteiger partial charge in [0.25, 0.3) is 0 Å². The Morgan fingerprint density at radius 2 is 1.84 bits per heavy atom. The van der Waals surface area contributed by atoms with Crippen molar-refractivity contribution in [3.05, 3.63) is 59.5 Å². The number of nitrogens with zero attached hydrogens (tertiary/aromatic N) is 3. The second-order valence-corrected chi connectivity index (χ2v) is 5.67. The van der Waals surface area contributed by atoms with Crippen LogP contribution in [-0.4, -0.2) is 20.7 Å². The van der Waals surface area contributed by atoms with Crippen LogP contribution >= 0.6 is 11.6 Å². The zero-order valence-corrected chi connectivity index (χ0v) is 14.1. The molecule has 0 aliphatic carbocycles. The number of nitrogens with one attached hydrogen (secondary N) is 2. The Kier molecular flexibility index (Phi) is 4.76. The van der Waals surface area contributed by atoms with Gasteiger partial charge >= 0.3 is 0 Å². The second kappa shape index (κ2) is 7.14. The third kappa shape index (κ3) is 4.02. The number of aromatic nitrogens is 3. The fraction of sp³-hybridized carbons (Fsp3) is 0.0588. The molecule has 7 nitrogen and oxygen atoms in total. The van der Waals surface area contributed by atoms with E-state index in [1.54, 1.807) is 30.3 Å². The minimum atomic E-state index is -0.0181. The van der Waals surface area contributed by atoms with Crippen molar-refractivity contribution in [1.29, 1.82) is 0 Å². The summed E-state index contributed by atoms with van der Waals surface area (Å²) in [6.45, 7) is 1.51. The number of carbonyl (C=O) groups is 1. The summed E-state index contributed by atoms with van der Waals surface area (Å²) in [6.07, 6.45) is 2.90. The van der Waals surface area contributed by atoms with E-state index in [1.807, 2.05) is 6.07 Å².